The van der Waals surface area contributed by atoms with Crippen molar-refractivity contribution in [3.8, 4) is 5.75 Å². The molecule has 0 spiro atoms. The highest BCUT2D eigenvalue weighted by Crippen LogP contribution is 2.24. The van der Waals surface area contributed by atoms with Gasteiger partial charge in [0.15, 0.2) is 5.13 Å². The van der Waals surface area contributed by atoms with E-state index in [9.17, 15) is 13.6 Å². The number of hydrogen-bond acceptors (Lipinski definition) is 5. The molecular formula is C13H12F2N2O3S. The van der Waals surface area contributed by atoms with Crippen molar-refractivity contribution < 1.29 is 23.4 Å². The van der Waals surface area contributed by atoms with Crippen LogP contribution in [0.5, 0.6) is 5.75 Å². The van der Waals surface area contributed by atoms with Crippen LogP contribution < -0.4 is 10.1 Å². The summed E-state index contributed by atoms with van der Waals surface area (Å²) in [6.07, 6.45) is 0.400. The zero-order chi connectivity index (χ0) is 15.2. The number of benzene rings is 1. The van der Waals surface area contributed by atoms with Crippen molar-refractivity contribution in [2.24, 2.45) is 0 Å². The third-order valence-corrected chi connectivity index (χ3v) is 3.28. The Morgan fingerprint density at radius 2 is 2.10 bits per heavy atom. The Labute approximate surface area is 123 Å². The Balaban J connectivity index is 1.93. The fourth-order valence-electron chi connectivity index (χ4n) is 1.56. The third-order valence-electron chi connectivity index (χ3n) is 2.48. The lowest BCUT2D eigenvalue weighted by atomic mass is 10.2. The number of rotatable bonds is 7. The molecule has 0 bridgehead atoms. The summed E-state index contributed by atoms with van der Waals surface area (Å²) in [5, 5.41) is 14.0. The number of aromatic nitrogens is 1. The van der Waals surface area contributed by atoms with Crippen molar-refractivity contribution in [1.82, 2.24) is 4.98 Å². The quantitative estimate of drug-likeness (QED) is 0.818. The smallest absolute Gasteiger partial charge is 0.387 e. The van der Waals surface area contributed by atoms with Crippen LogP contribution in [0.25, 0.3) is 0 Å². The number of ether oxygens (including phenoxy) is 1. The van der Waals surface area contributed by atoms with Gasteiger partial charge in [-0.15, -0.1) is 11.3 Å². The first kappa shape index (κ1) is 15.2. The molecule has 1 aromatic heterocycles. The summed E-state index contributed by atoms with van der Waals surface area (Å²) in [4.78, 5) is 14.7. The topological polar surface area (TPSA) is 71.5 Å². The molecule has 0 unspecified atom stereocenters. The first-order valence-corrected chi connectivity index (χ1v) is 6.89. The summed E-state index contributed by atoms with van der Waals surface area (Å²) < 4.78 is 28.3. The minimum atomic E-state index is -2.85. The van der Waals surface area contributed by atoms with Crippen LogP contribution >= 0.6 is 11.3 Å². The predicted octanol–water partition coefficient (Wildman–Crippen LogP) is 3.51. The summed E-state index contributed by atoms with van der Waals surface area (Å²) in [5.41, 5.74) is 1.37. The van der Waals surface area contributed by atoms with Gasteiger partial charge in [-0.05, 0) is 24.3 Å². The van der Waals surface area contributed by atoms with Crippen molar-refractivity contribution in [3.05, 3.63) is 35.3 Å². The van der Waals surface area contributed by atoms with E-state index >= 15 is 0 Å². The molecule has 0 saturated heterocycles. The number of carbonyl (C=O) groups is 1. The second-order valence-electron chi connectivity index (χ2n) is 4.07. The lowest BCUT2D eigenvalue weighted by Gasteiger charge is -2.06. The van der Waals surface area contributed by atoms with E-state index in [1.807, 2.05) is 0 Å². The molecule has 112 valence electrons. The average molecular weight is 314 g/mol. The number of thiazole rings is 1. The summed E-state index contributed by atoms with van der Waals surface area (Å²) >= 11 is 1.34. The Kier molecular flexibility index (Phi) is 5.04. The standard InChI is InChI=1S/C13H12F2N2O3S/c14-12(15)20-10-4-1-8(2-5-10)16-13-17-9(7-21-13)3-6-11(18)19/h1-2,4-5,7,12H,3,6H2,(H,16,17)(H,18,19). The van der Waals surface area contributed by atoms with E-state index in [2.05, 4.69) is 15.0 Å². The van der Waals surface area contributed by atoms with Gasteiger partial charge in [-0.3, -0.25) is 4.79 Å². The summed E-state index contributed by atoms with van der Waals surface area (Å²) in [7, 11) is 0. The molecule has 0 aliphatic heterocycles. The van der Waals surface area contributed by atoms with Crippen LogP contribution in [0.2, 0.25) is 0 Å². The summed E-state index contributed by atoms with van der Waals surface area (Å²) in [5.74, 6) is -0.788. The highest BCUT2D eigenvalue weighted by atomic mass is 32.1. The number of anilines is 2. The number of carboxylic acid groups (broad SMARTS) is 1. The van der Waals surface area contributed by atoms with Crippen LogP contribution in [0.15, 0.2) is 29.6 Å². The van der Waals surface area contributed by atoms with E-state index in [4.69, 9.17) is 5.11 Å². The zero-order valence-corrected chi connectivity index (χ0v) is 11.6. The lowest BCUT2D eigenvalue weighted by molar-refractivity contribution is -0.136. The minimum absolute atomic E-state index is 0.0306. The number of aliphatic carboxylic acids is 1. The molecule has 0 saturated carbocycles. The molecule has 2 rings (SSSR count). The van der Waals surface area contributed by atoms with E-state index < -0.39 is 12.6 Å². The largest absolute Gasteiger partial charge is 0.481 e. The fraction of sp³-hybridized carbons (Fsp3) is 0.231. The van der Waals surface area contributed by atoms with Crippen molar-refractivity contribution >= 4 is 28.1 Å². The number of alkyl halides is 2. The Bertz CT molecular complexity index is 602. The number of nitrogens with one attached hydrogen (secondary N) is 1. The normalized spacial score (nSPS) is 10.6. The second-order valence-corrected chi connectivity index (χ2v) is 4.92. The maximum absolute atomic E-state index is 12.0. The van der Waals surface area contributed by atoms with Crippen molar-refractivity contribution in [2.75, 3.05) is 5.32 Å². The van der Waals surface area contributed by atoms with Crippen LogP contribution in [-0.2, 0) is 11.2 Å². The minimum Gasteiger partial charge on any atom is -0.481 e. The number of nitrogens with zero attached hydrogens (tertiary/aromatic N) is 1. The third kappa shape index (κ3) is 4.99. The van der Waals surface area contributed by atoms with Gasteiger partial charge >= 0.3 is 12.6 Å². The van der Waals surface area contributed by atoms with E-state index in [0.29, 0.717) is 22.9 Å². The lowest BCUT2D eigenvalue weighted by Crippen LogP contribution is -2.01. The molecule has 0 atom stereocenters. The Morgan fingerprint density at radius 1 is 1.38 bits per heavy atom. The first-order valence-electron chi connectivity index (χ1n) is 6.01. The number of aryl methyl sites for hydroxylation is 1. The summed E-state index contributed by atoms with van der Waals surface area (Å²) in [6, 6.07) is 6.03. The molecule has 0 aliphatic carbocycles. The van der Waals surface area contributed by atoms with Crippen LogP contribution in [0.3, 0.4) is 0 Å². The van der Waals surface area contributed by atoms with Crippen LogP contribution in [0.4, 0.5) is 19.6 Å². The highest BCUT2D eigenvalue weighted by molar-refractivity contribution is 7.13. The van der Waals surface area contributed by atoms with Crippen molar-refractivity contribution in [3.63, 3.8) is 0 Å². The number of hydrogen-bond donors (Lipinski definition) is 2. The molecule has 5 nitrogen and oxygen atoms in total. The maximum Gasteiger partial charge on any atom is 0.387 e. The van der Waals surface area contributed by atoms with Gasteiger partial charge in [0.05, 0.1) is 12.1 Å². The molecule has 8 heteroatoms. The highest BCUT2D eigenvalue weighted by Gasteiger charge is 2.06. The molecule has 2 N–H and O–H groups in total. The second kappa shape index (κ2) is 6.98. The van der Waals surface area contributed by atoms with Crippen molar-refractivity contribution in [2.45, 2.75) is 19.5 Å². The molecular weight excluding hydrogens is 302 g/mol. The Morgan fingerprint density at radius 3 is 2.71 bits per heavy atom. The molecule has 0 radical (unpaired) electrons. The van der Waals surface area contributed by atoms with Gasteiger partial charge in [-0.2, -0.15) is 8.78 Å². The average Bonchev–Trinajstić information content (AvgIpc) is 2.86. The number of halogens is 2. The van der Waals surface area contributed by atoms with E-state index in [1.165, 1.54) is 23.5 Å². The van der Waals surface area contributed by atoms with Gasteiger partial charge in [0.2, 0.25) is 0 Å². The SMILES string of the molecule is O=C(O)CCc1csc(Nc2ccc(OC(F)F)cc2)n1. The molecule has 21 heavy (non-hydrogen) atoms. The monoisotopic (exact) mass is 314 g/mol. The van der Waals surface area contributed by atoms with Gasteiger partial charge in [0, 0.05) is 17.5 Å². The molecule has 1 aromatic carbocycles. The van der Waals surface area contributed by atoms with Crippen LogP contribution in [0.1, 0.15) is 12.1 Å². The van der Waals surface area contributed by atoms with Gasteiger partial charge in [0.1, 0.15) is 5.75 Å². The molecule has 0 amide bonds. The molecule has 2 aromatic rings. The zero-order valence-electron chi connectivity index (χ0n) is 10.8. The number of carboxylic acids is 1. The van der Waals surface area contributed by atoms with E-state index in [-0.39, 0.29) is 12.2 Å². The fourth-order valence-corrected chi connectivity index (χ4v) is 2.32. The maximum atomic E-state index is 12.0. The van der Waals surface area contributed by atoms with Gasteiger partial charge in [-0.1, -0.05) is 0 Å². The van der Waals surface area contributed by atoms with Gasteiger partial charge < -0.3 is 15.2 Å². The van der Waals surface area contributed by atoms with Gasteiger partial charge in [-0.25, -0.2) is 4.98 Å². The molecule has 1 heterocycles. The predicted molar refractivity (Wildman–Crippen MR) is 74.4 cm³/mol. The van der Waals surface area contributed by atoms with Crippen molar-refractivity contribution in [1.29, 1.82) is 0 Å². The van der Waals surface area contributed by atoms with Gasteiger partial charge in [0.25, 0.3) is 0 Å². The van der Waals surface area contributed by atoms with E-state index in [1.54, 1.807) is 17.5 Å². The van der Waals surface area contributed by atoms with E-state index in [0.717, 1.165) is 0 Å². The van der Waals surface area contributed by atoms with Crippen LogP contribution in [0, 0.1) is 0 Å². The summed E-state index contributed by atoms with van der Waals surface area (Å²) in [6.45, 7) is -2.85. The Hall–Kier alpha value is -2.22. The first-order chi connectivity index (χ1) is 10.0. The van der Waals surface area contributed by atoms with Crippen LogP contribution in [-0.4, -0.2) is 22.7 Å². The molecule has 0 fully saturated rings. The molecule has 0 aliphatic rings.